The zero-order chi connectivity index (χ0) is 10.0. The first kappa shape index (κ1) is 9.96. The highest BCUT2D eigenvalue weighted by Gasteiger charge is 2.10. The summed E-state index contributed by atoms with van der Waals surface area (Å²) in [6, 6.07) is 3.61. The molecular weight excluding hydrogens is 172 g/mol. The highest BCUT2D eigenvalue weighted by molar-refractivity contribution is 5.47. The summed E-state index contributed by atoms with van der Waals surface area (Å²) < 4.78 is 25.9. The van der Waals surface area contributed by atoms with Gasteiger partial charge in [0, 0.05) is 19.2 Å². The summed E-state index contributed by atoms with van der Waals surface area (Å²) in [6.45, 7) is 3.84. The van der Waals surface area contributed by atoms with Crippen molar-refractivity contribution in [3.8, 4) is 0 Å². The van der Waals surface area contributed by atoms with Gasteiger partial charge < -0.3 is 4.90 Å². The van der Waals surface area contributed by atoms with Gasteiger partial charge in [0.25, 0.3) is 0 Å². The largest absolute Gasteiger partial charge is 0.370 e. The summed E-state index contributed by atoms with van der Waals surface area (Å²) >= 11 is 0. The number of anilines is 1. The van der Waals surface area contributed by atoms with Crippen molar-refractivity contribution in [2.45, 2.75) is 19.9 Å². The molecule has 72 valence electrons. The first-order chi connectivity index (χ1) is 6.02. The molecule has 0 fully saturated rings. The molecule has 0 bridgehead atoms. The van der Waals surface area contributed by atoms with Gasteiger partial charge in [-0.25, -0.2) is 8.78 Å². The van der Waals surface area contributed by atoms with Crippen LogP contribution in [0.4, 0.5) is 14.5 Å². The molecule has 0 amide bonds. The van der Waals surface area contributed by atoms with Crippen molar-refractivity contribution >= 4 is 5.69 Å². The van der Waals surface area contributed by atoms with Crippen molar-refractivity contribution in [2.75, 3.05) is 11.9 Å². The van der Waals surface area contributed by atoms with E-state index in [0.29, 0.717) is 5.69 Å². The van der Waals surface area contributed by atoms with Crippen molar-refractivity contribution in [1.82, 2.24) is 0 Å². The predicted molar refractivity (Wildman–Crippen MR) is 49.9 cm³/mol. The van der Waals surface area contributed by atoms with E-state index in [1.54, 1.807) is 11.9 Å². The van der Waals surface area contributed by atoms with Gasteiger partial charge in [-0.3, -0.25) is 0 Å². The Morgan fingerprint density at radius 3 is 2.38 bits per heavy atom. The van der Waals surface area contributed by atoms with Crippen molar-refractivity contribution in [1.29, 1.82) is 0 Å². The molecule has 0 heterocycles. The summed E-state index contributed by atoms with van der Waals surface area (Å²) in [7, 11) is 1.74. The van der Waals surface area contributed by atoms with Gasteiger partial charge in [0.2, 0.25) is 0 Å². The zero-order valence-corrected chi connectivity index (χ0v) is 8.01. The topological polar surface area (TPSA) is 3.24 Å². The normalized spacial score (nSPS) is 10.6. The number of hydrogen-bond donors (Lipinski definition) is 0. The van der Waals surface area contributed by atoms with Gasteiger partial charge in [-0.2, -0.15) is 0 Å². The van der Waals surface area contributed by atoms with Gasteiger partial charge in [-0.1, -0.05) is 0 Å². The highest BCUT2D eigenvalue weighted by atomic mass is 19.1. The lowest BCUT2D eigenvalue weighted by atomic mass is 10.2. The number of hydrogen-bond acceptors (Lipinski definition) is 1. The first-order valence-corrected chi connectivity index (χ1v) is 4.20. The average molecular weight is 185 g/mol. The lowest BCUT2D eigenvalue weighted by molar-refractivity contribution is 0.590. The Hall–Kier alpha value is -1.12. The van der Waals surface area contributed by atoms with Crippen molar-refractivity contribution < 1.29 is 8.78 Å². The number of rotatable bonds is 2. The Morgan fingerprint density at radius 2 is 1.85 bits per heavy atom. The van der Waals surface area contributed by atoms with E-state index < -0.39 is 11.6 Å². The predicted octanol–water partition coefficient (Wildman–Crippen LogP) is 2.81. The van der Waals surface area contributed by atoms with Gasteiger partial charge in [-0.15, -0.1) is 0 Å². The minimum atomic E-state index is -0.413. The lowest BCUT2D eigenvalue weighted by Crippen LogP contribution is -2.26. The maximum Gasteiger partial charge on any atom is 0.146 e. The first-order valence-electron chi connectivity index (χ1n) is 4.20. The molecule has 3 heteroatoms. The fourth-order valence-corrected chi connectivity index (χ4v) is 1.03. The lowest BCUT2D eigenvalue weighted by Gasteiger charge is -2.24. The molecule has 0 atom stereocenters. The van der Waals surface area contributed by atoms with Crippen LogP contribution >= 0.6 is 0 Å². The van der Waals surface area contributed by atoms with Crippen molar-refractivity contribution in [3.05, 3.63) is 29.8 Å². The van der Waals surface area contributed by atoms with E-state index in [-0.39, 0.29) is 6.04 Å². The van der Waals surface area contributed by atoms with Gasteiger partial charge in [-0.05, 0) is 26.0 Å². The maximum atomic E-state index is 13.2. The molecule has 1 aromatic carbocycles. The summed E-state index contributed by atoms with van der Waals surface area (Å²) in [5, 5.41) is 0. The van der Waals surface area contributed by atoms with Crippen molar-refractivity contribution in [2.24, 2.45) is 0 Å². The van der Waals surface area contributed by atoms with E-state index in [0.717, 1.165) is 12.1 Å². The molecule has 13 heavy (non-hydrogen) atoms. The number of halogens is 2. The quantitative estimate of drug-likeness (QED) is 0.684. The molecule has 1 rings (SSSR count). The molecule has 0 spiro atoms. The summed E-state index contributed by atoms with van der Waals surface area (Å²) in [6.07, 6.45) is 0. The summed E-state index contributed by atoms with van der Waals surface area (Å²) in [5.41, 5.74) is 0.301. The Morgan fingerprint density at radius 1 is 1.23 bits per heavy atom. The molecule has 1 aromatic rings. The molecule has 0 N–H and O–H groups in total. The van der Waals surface area contributed by atoms with E-state index in [4.69, 9.17) is 0 Å². The van der Waals surface area contributed by atoms with Crippen LogP contribution in [0.1, 0.15) is 13.8 Å². The van der Waals surface area contributed by atoms with Crippen LogP contribution in [0.3, 0.4) is 0 Å². The summed E-state index contributed by atoms with van der Waals surface area (Å²) in [5.74, 6) is -0.804. The molecule has 0 unspecified atom stereocenters. The SMILES string of the molecule is CC(C)N(C)c1cc(F)ccc1F. The third-order valence-corrected chi connectivity index (χ3v) is 2.06. The standard InChI is InChI=1S/C10H13F2N/c1-7(2)13(3)10-6-8(11)4-5-9(10)12/h4-7H,1-3H3. The van der Waals surface area contributed by atoms with Crippen LogP contribution in [0.5, 0.6) is 0 Å². The second-order valence-electron chi connectivity index (χ2n) is 3.30. The van der Waals surface area contributed by atoms with Crippen LogP contribution < -0.4 is 4.90 Å². The molecule has 0 aliphatic carbocycles. The van der Waals surface area contributed by atoms with Crippen LogP contribution in [-0.4, -0.2) is 13.1 Å². The fourth-order valence-electron chi connectivity index (χ4n) is 1.03. The molecule has 0 aliphatic heterocycles. The Balaban J connectivity index is 3.05. The third-order valence-electron chi connectivity index (χ3n) is 2.06. The number of nitrogens with zero attached hydrogens (tertiary/aromatic N) is 1. The second-order valence-corrected chi connectivity index (χ2v) is 3.30. The van der Waals surface area contributed by atoms with Crippen molar-refractivity contribution in [3.63, 3.8) is 0 Å². The Kier molecular flexibility index (Phi) is 2.86. The van der Waals surface area contributed by atoms with E-state index in [1.807, 2.05) is 13.8 Å². The Bertz CT molecular complexity index is 297. The molecule has 0 radical (unpaired) electrons. The second kappa shape index (κ2) is 3.73. The van der Waals surface area contributed by atoms with Gasteiger partial charge in [0.15, 0.2) is 0 Å². The molecule has 0 aliphatic rings. The van der Waals surface area contributed by atoms with Crippen LogP contribution in [0.25, 0.3) is 0 Å². The van der Waals surface area contributed by atoms with Gasteiger partial charge >= 0.3 is 0 Å². The number of benzene rings is 1. The maximum absolute atomic E-state index is 13.2. The van der Waals surface area contributed by atoms with Crippen LogP contribution in [0.15, 0.2) is 18.2 Å². The van der Waals surface area contributed by atoms with E-state index in [2.05, 4.69) is 0 Å². The van der Waals surface area contributed by atoms with Crippen LogP contribution in [0, 0.1) is 11.6 Å². The minimum absolute atomic E-state index is 0.149. The smallest absolute Gasteiger partial charge is 0.146 e. The fraction of sp³-hybridized carbons (Fsp3) is 0.400. The van der Waals surface area contributed by atoms with E-state index >= 15 is 0 Å². The monoisotopic (exact) mass is 185 g/mol. The van der Waals surface area contributed by atoms with E-state index in [1.165, 1.54) is 6.07 Å². The van der Waals surface area contributed by atoms with Gasteiger partial charge in [0.05, 0.1) is 5.69 Å². The Labute approximate surface area is 77.0 Å². The van der Waals surface area contributed by atoms with Crippen LogP contribution in [0.2, 0.25) is 0 Å². The molecule has 0 aromatic heterocycles. The average Bonchev–Trinajstić information content (AvgIpc) is 2.08. The molecular formula is C10H13F2N. The van der Waals surface area contributed by atoms with Crippen LogP contribution in [-0.2, 0) is 0 Å². The zero-order valence-electron chi connectivity index (χ0n) is 8.01. The van der Waals surface area contributed by atoms with Gasteiger partial charge in [0.1, 0.15) is 11.6 Å². The summed E-state index contributed by atoms with van der Waals surface area (Å²) in [4.78, 5) is 1.69. The molecule has 0 saturated heterocycles. The third kappa shape index (κ3) is 2.17. The molecule has 0 saturated carbocycles. The highest BCUT2D eigenvalue weighted by Crippen LogP contribution is 2.20. The minimum Gasteiger partial charge on any atom is -0.370 e. The molecule has 1 nitrogen and oxygen atoms in total. The van der Waals surface area contributed by atoms with E-state index in [9.17, 15) is 8.78 Å².